The van der Waals surface area contributed by atoms with Gasteiger partial charge >= 0.3 is 0 Å². The van der Waals surface area contributed by atoms with Crippen LogP contribution < -0.4 is 0 Å². The zero-order valence-electron chi connectivity index (χ0n) is 11.1. The lowest BCUT2D eigenvalue weighted by molar-refractivity contribution is 0.0172. The number of ether oxygens (including phenoxy) is 1. The van der Waals surface area contributed by atoms with Gasteiger partial charge in [-0.15, -0.1) is 0 Å². The summed E-state index contributed by atoms with van der Waals surface area (Å²) in [5, 5.41) is 2.25. The summed E-state index contributed by atoms with van der Waals surface area (Å²) in [5.74, 6) is 0.118. The normalized spacial score (nSPS) is 11.7. The molecule has 18 heavy (non-hydrogen) atoms. The minimum absolute atomic E-state index is 0.118. The zero-order chi connectivity index (χ0) is 13.2. The first kappa shape index (κ1) is 12.8. The average molecular weight is 242 g/mol. The van der Waals surface area contributed by atoms with Gasteiger partial charge < -0.3 is 4.74 Å². The summed E-state index contributed by atoms with van der Waals surface area (Å²) >= 11 is 0. The SMILES string of the molecule is COC(C)(C)CC(=O)c1ccc2ccccc2c1. The molecule has 0 N–H and O–H groups in total. The first-order valence-corrected chi connectivity index (χ1v) is 6.09. The van der Waals surface area contributed by atoms with Crippen LogP contribution in [0.5, 0.6) is 0 Å². The first-order valence-electron chi connectivity index (χ1n) is 6.09. The van der Waals surface area contributed by atoms with Crippen molar-refractivity contribution in [2.75, 3.05) is 7.11 Å². The Morgan fingerprint density at radius 2 is 1.78 bits per heavy atom. The van der Waals surface area contributed by atoms with Crippen LogP contribution in [0.25, 0.3) is 10.8 Å². The Kier molecular flexibility index (Phi) is 3.48. The molecule has 0 aliphatic heterocycles. The van der Waals surface area contributed by atoms with E-state index in [2.05, 4.69) is 0 Å². The number of rotatable bonds is 4. The van der Waals surface area contributed by atoms with Crippen molar-refractivity contribution in [3.8, 4) is 0 Å². The monoisotopic (exact) mass is 242 g/mol. The molecule has 0 saturated carbocycles. The summed E-state index contributed by atoms with van der Waals surface area (Å²) in [6.07, 6.45) is 0.391. The fraction of sp³-hybridized carbons (Fsp3) is 0.312. The fourth-order valence-electron chi connectivity index (χ4n) is 1.92. The minimum Gasteiger partial charge on any atom is -0.378 e. The molecule has 2 heteroatoms. The van der Waals surface area contributed by atoms with Crippen molar-refractivity contribution in [3.05, 3.63) is 48.0 Å². The highest BCUT2D eigenvalue weighted by atomic mass is 16.5. The van der Waals surface area contributed by atoms with Gasteiger partial charge in [-0.1, -0.05) is 36.4 Å². The molecule has 0 heterocycles. The quantitative estimate of drug-likeness (QED) is 0.761. The van der Waals surface area contributed by atoms with Crippen LogP contribution in [0.1, 0.15) is 30.6 Å². The Morgan fingerprint density at radius 3 is 2.44 bits per heavy atom. The molecule has 0 amide bonds. The van der Waals surface area contributed by atoms with Crippen LogP contribution in [0.15, 0.2) is 42.5 Å². The Bertz CT molecular complexity index is 570. The molecule has 0 bridgehead atoms. The molecule has 94 valence electrons. The second-order valence-electron chi connectivity index (χ2n) is 5.13. The summed E-state index contributed by atoms with van der Waals surface area (Å²) < 4.78 is 5.30. The Hall–Kier alpha value is -1.67. The third-order valence-corrected chi connectivity index (χ3v) is 3.21. The number of Topliss-reactive ketones (excluding diaryl/α,β-unsaturated/α-hetero) is 1. The van der Waals surface area contributed by atoms with Gasteiger partial charge in [-0.25, -0.2) is 0 Å². The lowest BCUT2D eigenvalue weighted by Crippen LogP contribution is -2.26. The summed E-state index contributed by atoms with van der Waals surface area (Å²) in [7, 11) is 1.63. The summed E-state index contributed by atoms with van der Waals surface area (Å²) in [5.41, 5.74) is 0.335. The highest BCUT2D eigenvalue weighted by molar-refractivity contribution is 6.00. The first-order chi connectivity index (χ1) is 8.52. The van der Waals surface area contributed by atoms with Gasteiger partial charge in [0.2, 0.25) is 0 Å². The van der Waals surface area contributed by atoms with E-state index in [9.17, 15) is 4.79 Å². The molecule has 2 aromatic carbocycles. The van der Waals surface area contributed by atoms with Gasteiger partial charge in [-0.2, -0.15) is 0 Å². The number of hydrogen-bond donors (Lipinski definition) is 0. The van der Waals surface area contributed by atoms with E-state index in [1.54, 1.807) is 7.11 Å². The zero-order valence-corrected chi connectivity index (χ0v) is 11.1. The standard InChI is InChI=1S/C16H18O2/c1-16(2,18-3)11-15(17)14-9-8-12-6-4-5-7-13(12)10-14/h4-10H,11H2,1-3H3. The van der Waals surface area contributed by atoms with Crippen molar-refractivity contribution < 1.29 is 9.53 Å². The van der Waals surface area contributed by atoms with Crippen LogP contribution in [0.4, 0.5) is 0 Å². The van der Waals surface area contributed by atoms with Gasteiger partial charge in [0.25, 0.3) is 0 Å². The second-order valence-corrected chi connectivity index (χ2v) is 5.13. The Morgan fingerprint density at radius 1 is 1.11 bits per heavy atom. The van der Waals surface area contributed by atoms with E-state index in [4.69, 9.17) is 4.74 Å². The molecule has 0 aliphatic rings. The van der Waals surface area contributed by atoms with Gasteiger partial charge in [-0.05, 0) is 30.7 Å². The van der Waals surface area contributed by atoms with Gasteiger partial charge in [0.05, 0.1) is 5.60 Å². The maximum Gasteiger partial charge on any atom is 0.165 e. The molecule has 0 aliphatic carbocycles. The van der Waals surface area contributed by atoms with Crippen molar-refractivity contribution in [3.63, 3.8) is 0 Å². The highest BCUT2D eigenvalue weighted by Gasteiger charge is 2.21. The number of fused-ring (bicyclic) bond motifs is 1. The van der Waals surface area contributed by atoms with Crippen LogP contribution in [0.2, 0.25) is 0 Å². The Labute approximate surface area is 108 Å². The van der Waals surface area contributed by atoms with Gasteiger partial charge in [-0.3, -0.25) is 4.79 Å². The lowest BCUT2D eigenvalue weighted by atomic mass is 9.96. The van der Waals surface area contributed by atoms with E-state index in [-0.39, 0.29) is 5.78 Å². The molecule has 0 saturated heterocycles. The molecule has 0 aromatic heterocycles. The maximum atomic E-state index is 12.2. The number of carbonyl (C=O) groups is 1. The molecule has 0 fully saturated rings. The summed E-state index contributed by atoms with van der Waals surface area (Å²) in [6, 6.07) is 13.9. The lowest BCUT2D eigenvalue weighted by Gasteiger charge is -2.21. The highest BCUT2D eigenvalue weighted by Crippen LogP contribution is 2.20. The molecule has 2 aromatic rings. The van der Waals surface area contributed by atoms with Crippen molar-refractivity contribution in [2.24, 2.45) is 0 Å². The summed E-state index contributed by atoms with van der Waals surface area (Å²) in [4.78, 5) is 12.2. The molecular formula is C16H18O2. The van der Waals surface area contributed by atoms with Crippen LogP contribution in [0, 0.1) is 0 Å². The third-order valence-electron chi connectivity index (χ3n) is 3.21. The van der Waals surface area contributed by atoms with E-state index < -0.39 is 5.60 Å². The molecule has 2 rings (SSSR count). The average Bonchev–Trinajstić information content (AvgIpc) is 2.37. The van der Waals surface area contributed by atoms with E-state index in [1.165, 1.54) is 0 Å². The van der Waals surface area contributed by atoms with Crippen molar-refractivity contribution >= 4 is 16.6 Å². The number of carbonyl (C=O) groups excluding carboxylic acids is 1. The van der Waals surface area contributed by atoms with E-state index in [1.807, 2.05) is 56.3 Å². The number of methoxy groups -OCH3 is 1. The van der Waals surface area contributed by atoms with Crippen molar-refractivity contribution in [1.29, 1.82) is 0 Å². The van der Waals surface area contributed by atoms with Crippen molar-refractivity contribution in [1.82, 2.24) is 0 Å². The molecule has 0 radical (unpaired) electrons. The van der Waals surface area contributed by atoms with Crippen LogP contribution in [-0.2, 0) is 4.74 Å². The topological polar surface area (TPSA) is 26.3 Å². The predicted molar refractivity (Wildman–Crippen MR) is 74.0 cm³/mol. The third kappa shape index (κ3) is 2.77. The van der Waals surface area contributed by atoms with Crippen molar-refractivity contribution in [2.45, 2.75) is 25.9 Å². The summed E-state index contributed by atoms with van der Waals surface area (Å²) in [6.45, 7) is 3.85. The second kappa shape index (κ2) is 4.91. The van der Waals surface area contributed by atoms with Gasteiger partial charge in [0.15, 0.2) is 5.78 Å². The van der Waals surface area contributed by atoms with Gasteiger partial charge in [0.1, 0.15) is 0 Å². The number of hydrogen-bond acceptors (Lipinski definition) is 2. The Balaban J connectivity index is 2.28. The van der Waals surface area contributed by atoms with Gasteiger partial charge in [0, 0.05) is 19.1 Å². The number of benzene rings is 2. The van der Waals surface area contributed by atoms with Crippen LogP contribution >= 0.6 is 0 Å². The molecule has 0 unspecified atom stereocenters. The molecular weight excluding hydrogens is 224 g/mol. The largest absolute Gasteiger partial charge is 0.378 e. The molecule has 0 spiro atoms. The molecule has 0 atom stereocenters. The maximum absolute atomic E-state index is 12.2. The van der Waals surface area contributed by atoms with E-state index in [0.717, 1.165) is 16.3 Å². The van der Waals surface area contributed by atoms with E-state index >= 15 is 0 Å². The predicted octanol–water partition coefficient (Wildman–Crippen LogP) is 3.84. The minimum atomic E-state index is -0.414. The number of ketones is 1. The van der Waals surface area contributed by atoms with Crippen LogP contribution in [-0.4, -0.2) is 18.5 Å². The smallest absolute Gasteiger partial charge is 0.165 e. The fourth-order valence-corrected chi connectivity index (χ4v) is 1.92. The molecule has 2 nitrogen and oxygen atoms in total. The van der Waals surface area contributed by atoms with E-state index in [0.29, 0.717) is 6.42 Å². The van der Waals surface area contributed by atoms with Crippen LogP contribution in [0.3, 0.4) is 0 Å².